The quantitative estimate of drug-likeness (QED) is 0.768. The number of rotatable bonds is 4. The number of ether oxygens (including phenoxy) is 3. The second kappa shape index (κ2) is 6.22. The Kier molecular flexibility index (Phi) is 3.96. The average molecular weight is 314 g/mol. The van der Waals surface area contributed by atoms with E-state index in [1.165, 1.54) is 7.11 Å². The lowest BCUT2D eigenvalue weighted by Gasteiger charge is -2.05. The highest BCUT2D eigenvalue weighted by Crippen LogP contribution is 2.25. The molecule has 118 valence electrons. The number of fused-ring (bicyclic) bond motifs is 1. The molecule has 0 atom stereocenters. The van der Waals surface area contributed by atoms with Gasteiger partial charge in [-0.1, -0.05) is 0 Å². The molecule has 0 aliphatic heterocycles. The van der Waals surface area contributed by atoms with E-state index in [4.69, 9.17) is 9.47 Å². The van der Waals surface area contributed by atoms with Gasteiger partial charge in [0.2, 0.25) is 5.95 Å². The Balaban J connectivity index is 1.80. The van der Waals surface area contributed by atoms with Crippen LogP contribution in [0.5, 0.6) is 17.2 Å². The predicted molar refractivity (Wildman–Crippen MR) is 83.0 cm³/mol. The Morgan fingerprint density at radius 3 is 2.57 bits per heavy atom. The summed E-state index contributed by atoms with van der Waals surface area (Å²) in [4.78, 5) is 22.4. The number of aromatic nitrogens is 3. The van der Waals surface area contributed by atoms with Crippen LogP contribution in [0.15, 0.2) is 36.5 Å². The van der Waals surface area contributed by atoms with Crippen LogP contribution in [-0.4, -0.2) is 35.3 Å². The third-order valence-electron chi connectivity index (χ3n) is 3.01. The number of carbonyl (C=O) groups excluding carboxylic acids is 1. The molecule has 0 saturated heterocycles. The number of benzene rings is 1. The van der Waals surface area contributed by atoms with E-state index in [1.54, 1.807) is 43.6 Å². The smallest absolute Gasteiger partial charge is 0.413 e. The largest absolute Gasteiger partial charge is 0.497 e. The van der Waals surface area contributed by atoms with Crippen molar-refractivity contribution in [1.82, 2.24) is 15.0 Å². The summed E-state index contributed by atoms with van der Waals surface area (Å²) in [6, 6.07) is 8.89. The van der Waals surface area contributed by atoms with Gasteiger partial charge in [-0.15, -0.1) is 0 Å². The van der Waals surface area contributed by atoms with Crippen molar-refractivity contribution >= 4 is 23.2 Å². The van der Waals surface area contributed by atoms with Crippen molar-refractivity contribution < 1.29 is 19.0 Å². The van der Waals surface area contributed by atoms with Gasteiger partial charge in [-0.3, -0.25) is 5.32 Å². The van der Waals surface area contributed by atoms with E-state index in [9.17, 15) is 4.79 Å². The van der Waals surface area contributed by atoms with Crippen LogP contribution in [-0.2, 0) is 4.74 Å². The maximum absolute atomic E-state index is 11.2. The number of hydrogen-bond acceptors (Lipinski definition) is 6. The number of aromatic amines is 1. The summed E-state index contributed by atoms with van der Waals surface area (Å²) in [5.74, 6) is 2.17. The summed E-state index contributed by atoms with van der Waals surface area (Å²) in [6.45, 7) is 0. The number of carbonyl (C=O) groups is 1. The van der Waals surface area contributed by atoms with E-state index >= 15 is 0 Å². The summed E-state index contributed by atoms with van der Waals surface area (Å²) in [7, 11) is 2.88. The first-order valence-corrected chi connectivity index (χ1v) is 6.70. The number of pyridine rings is 1. The van der Waals surface area contributed by atoms with Crippen molar-refractivity contribution in [2.75, 3.05) is 19.5 Å². The first-order chi connectivity index (χ1) is 11.2. The van der Waals surface area contributed by atoms with Gasteiger partial charge in [0, 0.05) is 6.07 Å². The Bertz CT molecular complexity index is 829. The molecular formula is C15H14N4O4. The highest BCUT2D eigenvalue weighted by atomic mass is 16.5. The van der Waals surface area contributed by atoms with Crippen LogP contribution in [0.3, 0.4) is 0 Å². The molecule has 8 nitrogen and oxygen atoms in total. The summed E-state index contributed by atoms with van der Waals surface area (Å²) in [5.41, 5.74) is 1.08. The number of H-pyrrole nitrogens is 1. The molecule has 0 spiro atoms. The Labute approximate surface area is 131 Å². The minimum atomic E-state index is -0.612. The van der Waals surface area contributed by atoms with E-state index in [1.807, 2.05) is 0 Å². The molecule has 0 aliphatic carbocycles. The Hall–Kier alpha value is -3.29. The Morgan fingerprint density at radius 2 is 1.87 bits per heavy atom. The number of amides is 1. The minimum Gasteiger partial charge on any atom is -0.497 e. The molecular weight excluding hydrogens is 300 g/mol. The van der Waals surface area contributed by atoms with Crippen molar-refractivity contribution in [1.29, 1.82) is 0 Å². The molecule has 8 heteroatoms. The molecule has 0 saturated carbocycles. The monoisotopic (exact) mass is 314 g/mol. The first kappa shape index (κ1) is 14.6. The molecule has 0 radical (unpaired) electrons. The lowest BCUT2D eigenvalue weighted by molar-refractivity contribution is 0.186. The number of anilines is 1. The van der Waals surface area contributed by atoms with Crippen LogP contribution in [0, 0.1) is 0 Å². The van der Waals surface area contributed by atoms with Gasteiger partial charge in [0.25, 0.3) is 0 Å². The zero-order valence-corrected chi connectivity index (χ0v) is 12.5. The van der Waals surface area contributed by atoms with Crippen LogP contribution >= 0.6 is 0 Å². The van der Waals surface area contributed by atoms with E-state index in [2.05, 4.69) is 25.0 Å². The molecule has 2 N–H and O–H groups in total. The van der Waals surface area contributed by atoms with Crippen LogP contribution in [0.1, 0.15) is 0 Å². The molecule has 0 bridgehead atoms. The van der Waals surface area contributed by atoms with E-state index < -0.39 is 6.09 Å². The SMILES string of the molecule is COC(=O)Nc1nc2cc(Oc3ccc(OC)cc3)cnc2[nH]1. The van der Waals surface area contributed by atoms with E-state index in [-0.39, 0.29) is 5.95 Å². The van der Waals surface area contributed by atoms with Gasteiger partial charge in [0.1, 0.15) is 22.8 Å². The second-order valence-corrected chi connectivity index (χ2v) is 4.52. The average Bonchev–Trinajstić information content (AvgIpc) is 2.96. The standard InChI is InChI=1S/C15H14N4O4/c1-21-9-3-5-10(6-4-9)23-11-7-12-13(16-8-11)18-14(17-12)19-15(20)22-2/h3-8H,1-2H3,(H2,16,17,18,19,20). The van der Waals surface area contributed by atoms with Gasteiger partial charge in [-0.05, 0) is 24.3 Å². The van der Waals surface area contributed by atoms with Crippen molar-refractivity contribution in [2.24, 2.45) is 0 Å². The molecule has 1 aromatic carbocycles. The first-order valence-electron chi connectivity index (χ1n) is 6.70. The maximum atomic E-state index is 11.2. The highest BCUT2D eigenvalue weighted by molar-refractivity contribution is 5.85. The highest BCUT2D eigenvalue weighted by Gasteiger charge is 2.09. The van der Waals surface area contributed by atoms with Gasteiger partial charge < -0.3 is 19.2 Å². The Morgan fingerprint density at radius 1 is 1.13 bits per heavy atom. The summed E-state index contributed by atoms with van der Waals surface area (Å²) in [5, 5.41) is 2.44. The molecule has 0 aliphatic rings. The van der Waals surface area contributed by atoms with Gasteiger partial charge in [-0.2, -0.15) is 0 Å². The summed E-state index contributed by atoms with van der Waals surface area (Å²) in [6.07, 6.45) is 0.950. The van der Waals surface area contributed by atoms with Crippen molar-refractivity contribution in [2.45, 2.75) is 0 Å². The molecule has 1 amide bonds. The van der Waals surface area contributed by atoms with Crippen LogP contribution < -0.4 is 14.8 Å². The molecule has 3 rings (SSSR count). The zero-order valence-electron chi connectivity index (χ0n) is 12.5. The molecule has 3 aromatic rings. The number of nitrogens with zero attached hydrogens (tertiary/aromatic N) is 2. The molecule has 23 heavy (non-hydrogen) atoms. The third kappa shape index (κ3) is 3.31. The fourth-order valence-electron chi connectivity index (χ4n) is 1.92. The van der Waals surface area contributed by atoms with Crippen molar-refractivity contribution in [3.63, 3.8) is 0 Å². The van der Waals surface area contributed by atoms with Crippen LogP contribution in [0.4, 0.5) is 10.7 Å². The van der Waals surface area contributed by atoms with Crippen LogP contribution in [0.25, 0.3) is 11.2 Å². The lowest BCUT2D eigenvalue weighted by Crippen LogP contribution is -2.11. The second-order valence-electron chi connectivity index (χ2n) is 4.52. The molecule has 2 heterocycles. The molecule has 0 fully saturated rings. The molecule has 2 aromatic heterocycles. The zero-order chi connectivity index (χ0) is 16.2. The van der Waals surface area contributed by atoms with Crippen molar-refractivity contribution in [3.8, 4) is 17.2 Å². The number of hydrogen-bond donors (Lipinski definition) is 2. The predicted octanol–water partition coefficient (Wildman–Crippen LogP) is 2.94. The fraction of sp³-hybridized carbons (Fsp3) is 0.133. The fourth-order valence-corrected chi connectivity index (χ4v) is 1.92. The topological polar surface area (TPSA) is 98.4 Å². The third-order valence-corrected chi connectivity index (χ3v) is 3.01. The van der Waals surface area contributed by atoms with Crippen molar-refractivity contribution in [3.05, 3.63) is 36.5 Å². The number of nitrogens with one attached hydrogen (secondary N) is 2. The van der Waals surface area contributed by atoms with E-state index in [0.717, 1.165) is 5.75 Å². The minimum absolute atomic E-state index is 0.251. The summed E-state index contributed by atoms with van der Waals surface area (Å²) >= 11 is 0. The van der Waals surface area contributed by atoms with Crippen LogP contribution in [0.2, 0.25) is 0 Å². The molecule has 0 unspecified atom stereocenters. The van der Waals surface area contributed by atoms with E-state index in [0.29, 0.717) is 22.7 Å². The van der Waals surface area contributed by atoms with Gasteiger partial charge >= 0.3 is 6.09 Å². The normalized spacial score (nSPS) is 10.3. The summed E-state index contributed by atoms with van der Waals surface area (Å²) < 4.78 is 15.3. The van der Waals surface area contributed by atoms with Gasteiger partial charge in [0.15, 0.2) is 5.65 Å². The maximum Gasteiger partial charge on any atom is 0.413 e. The van der Waals surface area contributed by atoms with Gasteiger partial charge in [-0.25, -0.2) is 14.8 Å². The number of methoxy groups -OCH3 is 2. The lowest BCUT2D eigenvalue weighted by atomic mass is 10.3. The number of imidazole rings is 1. The van der Waals surface area contributed by atoms with Gasteiger partial charge in [0.05, 0.1) is 20.4 Å².